The number of carbonyl (C=O) groups is 1. The molecule has 1 fully saturated rings. The van der Waals surface area contributed by atoms with Gasteiger partial charge in [-0.3, -0.25) is 4.79 Å². The zero-order valence-corrected chi connectivity index (χ0v) is 12.8. The van der Waals surface area contributed by atoms with Crippen molar-refractivity contribution < 1.29 is 4.79 Å². The number of amides is 1. The maximum Gasteiger partial charge on any atom is 0.221 e. The minimum atomic E-state index is -0.0240. The smallest absolute Gasteiger partial charge is 0.221 e. The van der Waals surface area contributed by atoms with Gasteiger partial charge < -0.3 is 10.6 Å². The van der Waals surface area contributed by atoms with E-state index in [0.29, 0.717) is 12.1 Å². The second-order valence-electron chi connectivity index (χ2n) is 6.15. The third-order valence-electron chi connectivity index (χ3n) is 4.21. The van der Waals surface area contributed by atoms with Gasteiger partial charge in [0.2, 0.25) is 5.91 Å². The van der Waals surface area contributed by atoms with Crippen molar-refractivity contribution in [1.29, 1.82) is 0 Å². The fourth-order valence-electron chi connectivity index (χ4n) is 2.97. The van der Waals surface area contributed by atoms with Crippen LogP contribution in [0.1, 0.15) is 58.1 Å². The minimum Gasteiger partial charge on any atom is -0.326 e. The lowest BCUT2D eigenvalue weighted by molar-refractivity contribution is -0.114. The highest BCUT2D eigenvalue weighted by Gasteiger charge is 2.20. The van der Waals surface area contributed by atoms with Crippen LogP contribution < -0.4 is 10.6 Å². The highest BCUT2D eigenvalue weighted by molar-refractivity contribution is 5.88. The van der Waals surface area contributed by atoms with Crippen LogP contribution in [0.2, 0.25) is 0 Å². The van der Waals surface area contributed by atoms with E-state index in [4.69, 9.17) is 0 Å². The average Bonchev–Trinajstić information content (AvgIpc) is 2.41. The highest BCUT2D eigenvalue weighted by Crippen LogP contribution is 2.26. The quantitative estimate of drug-likeness (QED) is 0.875. The SMILES string of the molecule is CC(=O)Nc1cccc(C(C)NC2CCC(C)CC2)c1. The van der Waals surface area contributed by atoms with Crippen LogP contribution in [-0.4, -0.2) is 11.9 Å². The summed E-state index contributed by atoms with van der Waals surface area (Å²) in [5, 5.41) is 6.57. The van der Waals surface area contributed by atoms with Gasteiger partial charge in [0.25, 0.3) is 0 Å². The van der Waals surface area contributed by atoms with Crippen molar-refractivity contribution in [2.75, 3.05) is 5.32 Å². The van der Waals surface area contributed by atoms with Crippen molar-refractivity contribution in [2.45, 2.75) is 58.5 Å². The van der Waals surface area contributed by atoms with Gasteiger partial charge in [-0.2, -0.15) is 0 Å². The molecule has 1 saturated carbocycles. The Morgan fingerprint density at radius 1 is 1.25 bits per heavy atom. The summed E-state index contributed by atoms with van der Waals surface area (Å²) in [4.78, 5) is 11.1. The first-order valence-electron chi connectivity index (χ1n) is 7.68. The number of rotatable bonds is 4. The summed E-state index contributed by atoms with van der Waals surface area (Å²) in [5.41, 5.74) is 2.11. The molecule has 2 N–H and O–H groups in total. The molecule has 0 aliphatic heterocycles. The molecular formula is C17H26N2O. The molecule has 0 heterocycles. The molecule has 3 nitrogen and oxygen atoms in total. The molecule has 0 aromatic heterocycles. The third-order valence-corrected chi connectivity index (χ3v) is 4.21. The highest BCUT2D eigenvalue weighted by atomic mass is 16.1. The molecular weight excluding hydrogens is 248 g/mol. The molecule has 2 rings (SSSR count). The zero-order valence-electron chi connectivity index (χ0n) is 12.8. The van der Waals surface area contributed by atoms with Crippen molar-refractivity contribution in [3.05, 3.63) is 29.8 Å². The van der Waals surface area contributed by atoms with Gasteiger partial charge in [-0.05, 0) is 56.2 Å². The van der Waals surface area contributed by atoms with Gasteiger partial charge in [0.15, 0.2) is 0 Å². The molecule has 110 valence electrons. The molecule has 0 saturated heterocycles. The van der Waals surface area contributed by atoms with E-state index in [-0.39, 0.29) is 5.91 Å². The molecule has 1 aliphatic rings. The van der Waals surface area contributed by atoms with E-state index in [2.05, 4.69) is 36.6 Å². The van der Waals surface area contributed by atoms with Gasteiger partial charge in [-0.25, -0.2) is 0 Å². The van der Waals surface area contributed by atoms with E-state index in [1.54, 1.807) is 0 Å². The van der Waals surface area contributed by atoms with Crippen molar-refractivity contribution in [1.82, 2.24) is 5.32 Å². The Hall–Kier alpha value is -1.35. The fraction of sp³-hybridized carbons (Fsp3) is 0.588. The lowest BCUT2D eigenvalue weighted by atomic mass is 9.87. The van der Waals surface area contributed by atoms with Gasteiger partial charge in [-0.15, -0.1) is 0 Å². The summed E-state index contributed by atoms with van der Waals surface area (Å²) >= 11 is 0. The summed E-state index contributed by atoms with van der Waals surface area (Å²) in [6.07, 6.45) is 5.21. The van der Waals surface area contributed by atoms with Gasteiger partial charge in [0.1, 0.15) is 0 Å². The second kappa shape index (κ2) is 6.89. The third kappa shape index (κ3) is 4.34. The van der Waals surface area contributed by atoms with Gasteiger partial charge in [-0.1, -0.05) is 19.1 Å². The maximum absolute atomic E-state index is 11.1. The molecule has 1 amide bonds. The molecule has 1 unspecified atom stereocenters. The van der Waals surface area contributed by atoms with Crippen LogP contribution in [-0.2, 0) is 4.79 Å². The maximum atomic E-state index is 11.1. The molecule has 3 heteroatoms. The number of hydrogen-bond acceptors (Lipinski definition) is 2. The van der Waals surface area contributed by atoms with Crippen molar-refractivity contribution in [3.8, 4) is 0 Å². The first-order chi connectivity index (χ1) is 9.54. The lowest BCUT2D eigenvalue weighted by Crippen LogP contribution is -2.34. The van der Waals surface area contributed by atoms with Crippen molar-refractivity contribution >= 4 is 11.6 Å². The average molecular weight is 274 g/mol. The van der Waals surface area contributed by atoms with Crippen LogP contribution in [0.3, 0.4) is 0 Å². The molecule has 0 spiro atoms. The Bertz CT molecular complexity index is 450. The molecule has 0 radical (unpaired) electrons. The molecule has 1 aromatic carbocycles. The lowest BCUT2D eigenvalue weighted by Gasteiger charge is -2.30. The Labute approximate surface area is 122 Å². The first kappa shape index (κ1) is 15.0. The van der Waals surface area contributed by atoms with Crippen LogP contribution in [0.4, 0.5) is 5.69 Å². The number of benzene rings is 1. The van der Waals surface area contributed by atoms with Crippen LogP contribution >= 0.6 is 0 Å². The van der Waals surface area contributed by atoms with Gasteiger partial charge >= 0.3 is 0 Å². The van der Waals surface area contributed by atoms with E-state index in [1.165, 1.54) is 38.2 Å². The Kier molecular flexibility index (Phi) is 5.18. The number of hydrogen-bond donors (Lipinski definition) is 2. The molecule has 1 atom stereocenters. The monoisotopic (exact) mass is 274 g/mol. The van der Waals surface area contributed by atoms with Crippen LogP contribution in [0, 0.1) is 5.92 Å². The zero-order chi connectivity index (χ0) is 14.5. The fourth-order valence-corrected chi connectivity index (χ4v) is 2.97. The van der Waals surface area contributed by atoms with E-state index in [1.807, 2.05) is 12.1 Å². The van der Waals surface area contributed by atoms with E-state index >= 15 is 0 Å². The topological polar surface area (TPSA) is 41.1 Å². The van der Waals surface area contributed by atoms with E-state index in [0.717, 1.165) is 11.6 Å². The van der Waals surface area contributed by atoms with Crippen LogP contribution in [0.25, 0.3) is 0 Å². The number of nitrogens with one attached hydrogen (secondary N) is 2. The largest absolute Gasteiger partial charge is 0.326 e. The normalized spacial score (nSPS) is 24.1. The summed E-state index contributed by atoms with van der Waals surface area (Å²) in [7, 11) is 0. The Morgan fingerprint density at radius 2 is 1.95 bits per heavy atom. The second-order valence-corrected chi connectivity index (χ2v) is 6.15. The summed E-state index contributed by atoms with van der Waals surface area (Å²) in [6, 6.07) is 9.06. The van der Waals surface area contributed by atoms with E-state index < -0.39 is 0 Å². The summed E-state index contributed by atoms with van der Waals surface area (Å²) < 4.78 is 0. The van der Waals surface area contributed by atoms with E-state index in [9.17, 15) is 4.79 Å². The van der Waals surface area contributed by atoms with Crippen molar-refractivity contribution in [2.24, 2.45) is 5.92 Å². The molecule has 1 aromatic rings. The minimum absolute atomic E-state index is 0.0240. The Balaban J connectivity index is 1.94. The number of carbonyl (C=O) groups excluding carboxylic acids is 1. The summed E-state index contributed by atoms with van der Waals surface area (Å²) in [6.45, 7) is 6.08. The van der Waals surface area contributed by atoms with Crippen molar-refractivity contribution in [3.63, 3.8) is 0 Å². The van der Waals surface area contributed by atoms with Crippen LogP contribution in [0.5, 0.6) is 0 Å². The number of anilines is 1. The summed E-state index contributed by atoms with van der Waals surface area (Å²) in [5.74, 6) is 0.857. The molecule has 0 bridgehead atoms. The van der Waals surface area contributed by atoms with Gasteiger partial charge in [0.05, 0.1) is 0 Å². The first-order valence-corrected chi connectivity index (χ1v) is 7.68. The predicted molar refractivity (Wildman–Crippen MR) is 83.7 cm³/mol. The van der Waals surface area contributed by atoms with Crippen LogP contribution in [0.15, 0.2) is 24.3 Å². The Morgan fingerprint density at radius 3 is 2.60 bits per heavy atom. The standard InChI is InChI=1S/C17H26N2O/c1-12-7-9-16(10-8-12)18-13(2)15-5-4-6-17(11-15)19-14(3)20/h4-6,11-13,16,18H,7-10H2,1-3H3,(H,19,20). The predicted octanol–water partition coefficient (Wildman–Crippen LogP) is 3.87. The molecule has 20 heavy (non-hydrogen) atoms. The molecule has 1 aliphatic carbocycles. The van der Waals surface area contributed by atoms with Gasteiger partial charge in [0, 0.05) is 24.7 Å².